The van der Waals surface area contributed by atoms with Crippen molar-refractivity contribution < 1.29 is 18.6 Å². The van der Waals surface area contributed by atoms with Gasteiger partial charge in [-0.1, -0.05) is 19.4 Å². The van der Waals surface area contributed by atoms with Gasteiger partial charge in [0.2, 0.25) is 0 Å². The highest BCUT2D eigenvalue weighted by Crippen LogP contribution is 2.37. The fourth-order valence-corrected chi connectivity index (χ4v) is 2.55. The summed E-state index contributed by atoms with van der Waals surface area (Å²) in [4.78, 5) is 0. The third kappa shape index (κ3) is 2.70. The summed E-state index contributed by atoms with van der Waals surface area (Å²) in [5.41, 5.74) is -1.07. The van der Waals surface area contributed by atoms with Crippen LogP contribution in [0.1, 0.15) is 38.2 Å². The molecule has 1 saturated heterocycles. The zero-order valence-corrected chi connectivity index (χ0v) is 10.5. The highest BCUT2D eigenvalue weighted by Gasteiger charge is 2.38. The van der Waals surface area contributed by atoms with Crippen LogP contribution in [-0.2, 0) is 10.3 Å². The molecule has 0 amide bonds. The summed E-state index contributed by atoms with van der Waals surface area (Å²) in [5.74, 6) is -1.31. The van der Waals surface area contributed by atoms with Crippen LogP contribution in [0.5, 0.6) is 0 Å². The van der Waals surface area contributed by atoms with Crippen molar-refractivity contribution in [3.63, 3.8) is 0 Å². The van der Waals surface area contributed by atoms with E-state index in [4.69, 9.17) is 4.74 Å². The van der Waals surface area contributed by atoms with Gasteiger partial charge in [-0.25, -0.2) is 8.78 Å². The fourth-order valence-electron chi connectivity index (χ4n) is 2.55. The average Bonchev–Trinajstić information content (AvgIpc) is 2.28. The number of aliphatic hydroxyl groups is 1. The van der Waals surface area contributed by atoms with Crippen LogP contribution in [0, 0.1) is 11.6 Å². The molecule has 4 heteroatoms. The van der Waals surface area contributed by atoms with Crippen LogP contribution in [0.2, 0.25) is 0 Å². The van der Waals surface area contributed by atoms with Crippen LogP contribution in [0.4, 0.5) is 8.78 Å². The largest absolute Gasteiger partial charge is 0.385 e. The molecule has 0 bridgehead atoms. The predicted molar refractivity (Wildman–Crippen MR) is 64.1 cm³/mol. The summed E-state index contributed by atoms with van der Waals surface area (Å²) >= 11 is 0. The van der Waals surface area contributed by atoms with Gasteiger partial charge in [0.05, 0.1) is 18.3 Å². The lowest BCUT2D eigenvalue weighted by Crippen LogP contribution is -2.39. The van der Waals surface area contributed by atoms with E-state index in [2.05, 4.69) is 0 Å². The van der Waals surface area contributed by atoms with Crippen molar-refractivity contribution in [1.29, 1.82) is 0 Å². The molecule has 0 aromatic heterocycles. The smallest absolute Gasteiger partial charge is 0.132 e. The Labute approximate surface area is 106 Å². The predicted octanol–water partition coefficient (Wildman–Crippen LogP) is 3.13. The molecule has 2 rings (SSSR count). The van der Waals surface area contributed by atoms with Crippen LogP contribution in [0.15, 0.2) is 18.2 Å². The topological polar surface area (TPSA) is 29.5 Å². The standard InChI is InChI=1S/C14H18F2O2/c1-2-3-11-9-14(17,6-7-18-11)12-5-4-10(15)8-13(12)16/h4-5,8,11,17H,2-3,6-7,9H2,1H3. The zero-order chi connectivity index (χ0) is 13.2. The van der Waals surface area contributed by atoms with Crippen LogP contribution in [0.25, 0.3) is 0 Å². The summed E-state index contributed by atoms with van der Waals surface area (Å²) in [6.45, 7) is 2.44. The van der Waals surface area contributed by atoms with Crippen molar-refractivity contribution in [2.24, 2.45) is 0 Å². The van der Waals surface area contributed by atoms with E-state index in [1.165, 1.54) is 12.1 Å². The van der Waals surface area contributed by atoms with Crippen molar-refractivity contribution in [3.05, 3.63) is 35.4 Å². The molecule has 1 aromatic rings. The molecule has 1 fully saturated rings. The second-order valence-corrected chi connectivity index (χ2v) is 4.89. The molecule has 1 heterocycles. The van der Waals surface area contributed by atoms with E-state index >= 15 is 0 Å². The molecule has 0 radical (unpaired) electrons. The van der Waals surface area contributed by atoms with Crippen molar-refractivity contribution >= 4 is 0 Å². The van der Waals surface area contributed by atoms with Gasteiger partial charge in [0.1, 0.15) is 11.6 Å². The molecule has 18 heavy (non-hydrogen) atoms. The van der Waals surface area contributed by atoms with Crippen LogP contribution < -0.4 is 0 Å². The summed E-state index contributed by atoms with van der Waals surface area (Å²) < 4.78 is 32.2. The minimum atomic E-state index is -1.24. The lowest BCUT2D eigenvalue weighted by molar-refractivity contribution is -0.111. The van der Waals surface area contributed by atoms with E-state index in [-0.39, 0.29) is 11.7 Å². The van der Waals surface area contributed by atoms with E-state index < -0.39 is 17.2 Å². The zero-order valence-electron chi connectivity index (χ0n) is 10.5. The second kappa shape index (κ2) is 5.33. The molecule has 0 spiro atoms. The first-order chi connectivity index (χ1) is 8.55. The van der Waals surface area contributed by atoms with Crippen molar-refractivity contribution in [2.45, 2.75) is 44.3 Å². The van der Waals surface area contributed by atoms with E-state index in [0.29, 0.717) is 19.4 Å². The first-order valence-corrected chi connectivity index (χ1v) is 6.34. The van der Waals surface area contributed by atoms with Gasteiger partial charge in [0.25, 0.3) is 0 Å². The van der Waals surface area contributed by atoms with Crippen molar-refractivity contribution in [1.82, 2.24) is 0 Å². The lowest BCUT2D eigenvalue weighted by Gasteiger charge is -2.37. The first kappa shape index (κ1) is 13.4. The number of hydrogen-bond donors (Lipinski definition) is 1. The van der Waals surface area contributed by atoms with E-state index in [1.807, 2.05) is 6.92 Å². The maximum Gasteiger partial charge on any atom is 0.132 e. The maximum atomic E-state index is 13.8. The van der Waals surface area contributed by atoms with Gasteiger partial charge in [-0.15, -0.1) is 0 Å². The Hall–Kier alpha value is -1.00. The molecule has 2 unspecified atom stereocenters. The quantitative estimate of drug-likeness (QED) is 0.900. The average molecular weight is 256 g/mol. The molecular formula is C14H18F2O2. The molecular weight excluding hydrogens is 238 g/mol. The van der Waals surface area contributed by atoms with Crippen LogP contribution in [0.3, 0.4) is 0 Å². The van der Waals surface area contributed by atoms with Gasteiger partial charge < -0.3 is 9.84 Å². The van der Waals surface area contributed by atoms with Gasteiger partial charge in [0.15, 0.2) is 0 Å². The maximum absolute atomic E-state index is 13.8. The monoisotopic (exact) mass is 256 g/mol. The number of benzene rings is 1. The number of ether oxygens (including phenoxy) is 1. The summed E-state index contributed by atoms with van der Waals surface area (Å²) in [6, 6.07) is 3.33. The van der Waals surface area contributed by atoms with E-state index in [1.54, 1.807) is 0 Å². The number of hydrogen-bond acceptors (Lipinski definition) is 2. The molecule has 1 aliphatic heterocycles. The third-order valence-electron chi connectivity index (χ3n) is 3.48. The molecule has 1 aliphatic rings. The fraction of sp³-hybridized carbons (Fsp3) is 0.571. The molecule has 0 aliphatic carbocycles. The lowest BCUT2D eigenvalue weighted by atomic mass is 9.82. The van der Waals surface area contributed by atoms with E-state index in [9.17, 15) is 13.9 Å². The van der Waals surface area contributed by atoms with Gasteiger partial charge in [-0.3, -0.25) is 0 Å². The van der Waals surface area contributed by atoms with Gasteiger partial charge in [-0.2, -0.15) is 0 Å². The molecule has 2 atom stereocenters. The third-order valence-corrected chi connectivity index (χ3v) is 3.48. The van der Waals surface area contributed by atoms with Crippen LogP contribution >= 0.6 is 0 Å². The first-order valence-electron chi connectivity index (χ1n) is 6.34. The molecule has 1 N–H and O–H groups in total. The Morgan fingerprint density at radius 1 is 1.44 bits per heavy atom. The Balaban J connectivity index is 2.24. The van der Waals surface area contributed by atoms with Gasteiger partial charge in [0, 0.05) is 24.5 Å². The molecule has 1 aromatic carbocycles. The minimum absolute atomic E-state index is 0.0572. The van der Waals surface area contributed by atoms with Gasteiger partial charge in [-0.05, 0) is 12.5 Å². The minimum Gasteiger partial charge on any atom is -0.385 e. The van der Waals surface area contributed by atoms with Crippen molar-refractivity contribution in [3.8, 4) is 0 Å². The second-order valence-electron chi connectivity index (χ2n) is 4.89. The number of rotatable bonds is 3. The Morgan fingerprint density at radius 3 is 2.89 bits per heavy atom. The molecule has 2 nitrogen and oxygen atoms in total. The van der Waals surface area contributed by atoms with Crippen molar-refractivity contribution in [2.75, 3.05) is 6.61 Å². The SMILES string of the molecule is CCCC1CC(O)(c2ccc(F)cc2F)CCO1. The Kier molecular flexibility index (Phi) is 3.97. The van der Waals surface area contributed by atoms with E-state index in [0.717, 1.165) is 18.9 Å². The highest BCUT2D eigenvalue weighted by atomic mass is 19.1. The number of halogens is 2. The Morgan fingerprint density at radius 2 is 2.22 bits per heavy atom. The normalized spacial score (nSPS) is 28.3. The molecule has 100 valence electrons. The summed E-state index contributed by atoms with van der Waals surface area (Å²) in [6.07, 6.45) is 2.44. The highest BCUT2D eigenvalue weighted by molar-refractivity contribution is 5.25. The Bertz CT molecular complexity index is 420. The van der Waals surface area contributed by atoms with Crippen LogP contribution in [-0.4, -0.2) is 17.8 Å². The molecule has 0 saturated carbocycles. The summed E-state index contributed by atoms with van der Waals surface area (Å²) in [7, 11) is 0. The van der Waals surface area contributed by atoms with Gasteiger partial charge >= 0.3 is 0 Å². The summed E-state index contributed by atoms with van der Waals surface area (Å²) in [5, 5.41) is 10.6.